The molecule has 3 N–H and O–H groups in total. The first-order valence-electron chi connectivity index (χ1n) is 9.90. The molecule has 0 bridgehead atoms. The number of nitrogens with zero attached hydrogens (tertiary/aromatic N) is 3. The second-order valence-corrected chi connectivity index (χ2v) is 8.91. The number of ether oxygens (including phenoxy) is 2. The zero-order valence-corrected chi connectivity index (χ0v) is 20.0. The van der Waals surface area contributed by atoms with E-state index < -0.39 is 10.4 Å². The number of rotatable bonds is 7. The number of benzene rings is 1. The predicted octanol–water partition coefficient (Wildman–Crippen LogP) is 2.29. The molecule has 0 aliphatic carbocycles. The first-order valence-corrected chi connectivity index (χ1v) is 12.1. The summed E-state index contributed by atoms with van der Waals surface area (Å²) in [5.41, 5.74) is 1.38. The molecule has 1 aromatic carbocycles. The molecule has 0 saturated carbocycles. The van der Waals surface area contributed by atoms with Crippen LogP contribution in [-0.4, -0.2) is 81.1 Å². The Bertz CT molecular complexity index is 1080. The highest BCUT2D eigenvalue weighted by Gasteiger charge is 2.18. The van der Waals surface area contributed by atoms with Gasteiger partial charge in [-0.25, -0.2) is 0 Å². The number of aliphatic hydroxyl groups is 1. The quantitative estimate of drug-likeness (QED) is 0.385. The standard InChI is InChI=1S/C21H25N3O3S.H2O4S/c1-26-19-5-3-16(14-20(19)27-2)17(15-22)13-18-4-6-21(28-18)24-9-7-23(8-10-24)11-12-25;1-5(2,3)4/h3-6,13-14,25H,7-12H2,1-2H3;(H2,1,2,3,4)/b17-13+;. The molecular formula is C21H27N3O7S2. The van der Waals surface area contributed by atoms with E-state index in [1.165, 1.54) is 5.00 Å². The van der Waals surface area contributed by atoms with E-state index in [0.29, 0.717) is 17.1 Å². The van der Waals surface area contributed by atoms with Gasteiger partial charge in [0.05, 0.1) is 37.5 Å². The average Bonchev–Trinajstić information content (AvgIpc) is 3.25. The van der Waals surface area contributed by atoms with Gasteiger partial charge in [-0.05, 0) is 42.0 Å². The second-order valence-electron chi connectivity index (χ2n) is 6.92. The molecule has 0 unspecified atom stereocenters. The van der Waals surface area contributed by atoms with E-state index in [9.17, 15) is 5.26 Å². The Morgan fingerprint density at radius 2 is 1.76 bits per heavy atom. The molecule has 1 aromatic heterocycles. The third-order valence-electron chi connectivity index (χ3n) is 4.81. The van der Waals surface area contributed by atoms with E-state index in [-0.39, 0.29) is 6.61 Å². The van der Waals surface area contributed by atoms with Crippen LogP contribution in [0.5, 0.6) is 11.5 Å². The Morgan fingerprint density at radius 1 is 1.12 bits per heavy atom. The van der Waals surface area contributed by atoms with Crippen molar-refractivity contribution in [1.82, 2.24) is 4.90 Å². The fourth-order valence-electron chi connectivity index (χ4n) is 3.25. The molecule has 12 heteroatoms. The summed E-state index contributed by atoms with van der Waals surface area (Å²) in [6.45, 7) is 4.76. The fraction of sp³-hybridized carbons (Fsp3) is 0.381. The van der Waals surface area contributed by atoms with Gasteiger partial charge in [-0.1, -0.05) is 0 Å². The molecule has 33 heavy (non-hydrogen) atoms. The van der Waals surface area contributed by atoms with Gasteiger partial charge in [-0.3, -0.25) is 14.0 Å². The molecule has 0 spiro atoms. The number of allylic oxidation sites excluding steroid dienone is 1. The number of aliphatic hydroxyl groups excluding tert-OH is 1. The van der Waals surface area contributed by atoms with Crippen molar-refractivity contribution in [3.63, 3.8) is 0 Å². The Labute approximate surface area is 197 Å². The predicted molar refractivity (Wildman–Crippen MR) is 127 cm³/mol. The summed E-state index contributed by atoms with van der Waals surface area (Å²) >= 11 is 1.68. The molecule has 1 saturated heterocycles. The Hall–Kier alpha value is -2.66. The number of hydrogen-bond acceptors (Lipinski definition) is 9. The molecule has 180 valence electrons. The van der Waals surface area contributed by atoms with Crippen LogP contribution in [0.25, 0.3) is 11.6 Å². The van der Waals surface area contributed by atoms with Gasteiger partial charge in [0.25, 0.3) is 0 Å². The molecule has 0 atom stereocenters. The van der Waals surface area contributed by atoms with Crippen molar-refractivity contribution in [1.29, 1.82) is 5.26 Å². The van der Waals surface area contributed by atoms with Crippen molar-refractivity contribution < 1.29 is 32.1 Å². The lowest BCUT2D eigenvalue weighted by atomic mass is 10.1. The third kappa shape index (κ3) is 8.65. The summed E-state index contributed by atoms with van der Waals surface area (Å²) in [5.74, 6) is 1.25. The molecule has 2 heterocycles. The van der Waals surface area contributed by atoms with Crippen molar-refractivity contribution in [2.75, 3.05) is 58.5 Å². The van der Waals surface area contributed by atoms with E-state index in [4.69, 9.17) is 32.1 Å². The minimum Gasteiger partial charge on any atom is -0.493 e. The maximum atomic E-state index is 9.64. The van der Waals surface area contributed by atoms with Crippen molar-refractivity contribution in [3.05, 3.63) is 40.8 Å². The Balaban J connectivity index is 0.000000696. The van der Waals surface area contributed by atoms with Gasteiger partial charge >= 0.3 is 10.4 Å². The zero-order chi connectivity index (χ0) is 24.4. The van der Waals surface area contributed by atoms with Gasteiger partial charge in [-0.2, -0.15) is 13.7 Å². The SMILES string of the molecule is COc1ccc(/C(C#N)=C/c2ccc(N3CCN(CCO)CC3)s2)cc1OC.O=S(=O)(O)O. The minimum atomic E-state index is -4.67. The van der Waals surface area contributed by atoms with Crippen LogP contribution in [0.2, 0.25) is 0 Å². The highest BCUT2D eigenvalue weighted by atomic mass is 32.3. The lowest BCUT2D eigenvalue weighted by Crippen LogP contribution is -2.46. The van der Waals surface area contributed by atoms with Crippen molar-refractivity contribution in [3.8, 4) is 17.6 Å². The molecule has 10 nitrogen and oxygen atoms in total. The van der Waals surface area contributed by atoms with Gasteiger partial charge in [0, 0.05) is 37.6 Å². The number of anilines is 1. The number of hydrogen-bond donors (Lipinski definition) is 3. The maximum absolute atomic E-state index is 9.64. The van der Waals surface area contributed by atoms with Crippen molar-refractivity contribution in [2.45, 2.75) is 0 Å². The van der Waals surface area contributed by atoms with Gasteiger partial charge in [0.15, 0.2) is 11.5 Å². The normalized spacial score (nSPS) is 14.8. The molecule has 1 aliphatic rings. The summed E-state index contributed by atoms with van der Waals surface area (Å²) in [7, 11) is -1.49. The highest BCUT2D eigenvalue weighted by Crippen LogP contribution is 2.33. The van der Waals surface area contributed by atoms with Crippen molar-refractivity contribution in [2.24, 2.45) is 0 Å². The zero-order valence-electron chi connectivity index (χ0n) is 18.3. The van der Waals surface area contributed by atoms with E-state index >= 15 is 0 Å². The molecule has 3 rings (SSSR count). The number of β-amino-alcohol motifs (C(OH)–C–C–N with tert-alkyl or cyclic N) is 1. The van der Waals surface area contributed by atoms with Crippen LogP contribution < -0.4 is 14.4 Å². The molecule has 1 fully saturated rings. The number of methoxy groups -OCH3 is 2. The summed E-state index contributed by atoms with van der Waals surface area (Å²) in [4.78, 5) is 5.67. The summed E-state index contributed by atoms with van der Waals surface area (Å²) in [6.07, 6.45) is 1.91. The number of thiophene rings is 1. The minimum absolute atomic E-state index is 0.209. The number of piperazine rings is 1. The Morgan fingerprint density at radius 3 is 2.30 bits per heavy atom. The average molecular weight is 498 g/mol. The molecule has 0 radical (unpaired) electrons. The first-order chi connectivity index (χ1) is 15.7. The van der Waals surface area contributed by atoms with Crippen LogP contribution in [0.4, 0.5) is 5.00 Å². The van der Waals surface area contributed by atoms with Gasteiger partial charge < -0.3 is 19.5 Å². The van der Waals surface area contributed by atoms with Gasteiger partial charge in [0.1, 0.15) is 0 Å². The van der Waals surface area contributed by atoms with E-state index in [2.05, 4.69) is 28.0 Å². The topological polar surface area (TPSA) is 144 Å². The van der Waals surface area contributed by atoms with E-state index in [0.717, 1.165) is 43.2 Å². The monoisotopic (exact) mass is 497 g/mol. The van der Waals surface area contributed by atoms with Crippen LogP contribution in [0.3, 0.4) is 0 Å². The maximum Gasteiger partial charge on any atom is 0.394 e. The first kappa shape index (κ1) is 26.6. The van der Waals surface area contributed by atoms with E-state index in [1.54, 1.807) is 25.6 Å². The van der Waals surface area contributed by atoms with Crippen LogP contribution in [0.15, 0.2) is 30.3 Å². The largest absolute Gasteiger partial charge is 0.493 e. The number of nitriles is 1. The van der Waals surface area contributed by atoms with Crippen LogP contribution >= 0.6 is 11.3 Å². The molecule has 2 aromatic rings. The Kier molecular flexibility index (Phi) is 10.1. The van der Waals surface area contributed by atoms with E-state index in [1.807, 2.05) is 24.3 Å². The second kappa shape index (κ2) is 12.5. The molecular weight excluding hydrogens is 470 g/mol. The molecule has 0 amide bonds. The third-order valence-corrected chi connectivity index (χ3v) is 5.91. The van der Waals surface area contributed by atoms with Crippen LogP contribution in [0, 0.1) is 11.3 Å². The summed E-state index contributed by atoms with van der Waals surface area (Å²) < 4.78 is 42.2. The lowest BCUT2D eigenvalue weighted by Gasteiger charge is -2.34. The van der Waals surface area contributed by atoms with Crippen LogP contribution in [0.1, 0.15) is 10.4 Å². The summed E-state index contributed by atoms with van der Waals surface area (Å²) in [5, 5.41) is 19.9. The van der Waals surface area contributed by atoms with Crippen molar-refractivity contribution >= 4 is 38.4 Å². The van der Waals surface area contributed by atoms with Crippen LogP contribution in [-0.2, 0) is 10.4 Å². The summed E-state index contributed by atoms with van der Waals surface area (Å²) in [6, 6.07) is 12.0. The molecule has 1 aliphatic heterocycles. The smallest absolute Gasteiger partial charge is 0.394 e. The lowest BCUT2D eigenvalue weighted by molar-refractivity contribution is 0.189. The van der Waals surface area contributed by atoms with Gasteiger partial charge in [-0.15, -0.1) is 11.3 Å². The fourth-order valence-corrected chi connectivity index (χ4v) is 4.25. The van der Waals surface area contributed by atoms with Gasteiger partial charge in [0.2, 0.25) is 0 Å². The highest BCUT2D eigenvalue weighted by molar-refractivity contribution is 7.79.